The van der Waals surface area contributed by atoms with Gasteiger partial charge >= 0.3 is 11.6 Å². The third kappa shape index (κ3) is 4.52. The minimum absolute atomic E-state index is 0.208. The van der Waals surface area contributed by atoms with E-state index in [9.17, 15) is 35.1 Å². The van der Waals surface area contributed by atoms with Crippen LogP contribution in [0.3, 0.4) is 0 Å². The van der Waals surface area contributed by atoms with Crippen molar-refractivity contribution in [2.75, 3.05) is 6.61 Å². The number of carbonyl (C=O) groups excluding carboxylic acids is 1. The Balaban J connectivity index is 1.60. The molecule has 1 aromatic carbocycles. The van der Waals surface area contributed by atoms with Crippen molar-refractivity contribution in [1.82, 2.24) is 0 Å². The maximum atomic E-state index is 12.8. The van der Waals surface area contributed by atoms with Crippen LogP contribution in [0.15, 0.2) is 44.2 Å². The second-order valence-corrected chi connectivity index (χ2v) is 9.13. The number of fused-ring (bicyclic) bond motifs is 2. The monoisotopic (exact) mass is 478 g/mol. The molecule has 0 radical (unpaired) electrons. The number of rotatable bonds is 6. The molecule has 1 saturated carbocycles. The summed E-state index contributed by atoms with van der Waals surface area (Å²) in [5, 5.41) is 51.8. The number of aliphatic hydroxyl groups excluding tert-OH is 3. The molecule has 2 heterocycles. The summed E-state index contributed by atoms with van der Waals surface area (Å²) < 4.78 is 21.9. The highest BCUT2D eigenvalue weighted by Crippen LogP contribution is 2.36. The first-order chi connectivity index (χ1) is 15.9. The summed E-state index contributed by atoms with van der Waals surface area (Å²) >= 11 is 0. The summed E-state index contributed by atoms with van der Waals surface area (Å²) in [5.41, 5.74) is -3.87. The van der Waals surface area contributed by atoms with Gasteiger partial charge in [0, 0.05) is 25.0 Å². The van der Waals surface area contributed by atoms with E-state index in [1.54, 1.807) is 6.07 Å². The van der Waals surface area contributed by atoms with Crippen LogP contribution in [0.5, 0.6) is 5.75 Å². The minimum atomic E-state index is -2.28. The summed E-state index contributed by atoms with van der Waals surface area (Å²) in [7, 11) is 0. The Bertz CT molecular complexity index is 1240. The number of aliphatic hydroxyl groups is 5. The maximum absolute atomic E-state index is 12.8. The van der Waals surface area contributed by atoms with Crippen LogP contribution in [0.25, 0.3) is 21.9 Å². The highest BCUT2D eigenvalue weighted by atomic mass is 16.6. The van der Waals surface area contributed by atoms with Gasteiger partial charge in [0.25, 0.3) is 0 Å². The van der Waals surface area contributed by atoms with E-state index in [1.807, 2.05) is 0 Å². The summed E-state index contributed by atoms with van der Waals surface area (Å²) in [6.45, 7) is 2.39. The van der Waals surface area contributed by atoms with Crippen molar-refractivity contribution >= 4 is 27.9 Å². The van der Waals surface area contributed by atoms with Crippen LogP contribution in [0.2, 0.25) is 0 Å². The Morgan fingerprint density at radius 1 is 1.15 bits per heavy atom. The van der Waals surface area contributed by atoms with E-state index in [-0.39, 0.29) is 17.9 Å². The first kappa shape index (κ1) is 24.2. The number of hydrogen-bond acceptors (Lipinski definition) is 11. The molecule has 3 atom stereocenters. The van der Waals surface area contributed by atoms with Gasteiger partial charge in [-0.05, 0) is 26.0 Å². The van der Waals surface area contributed by atoms with Crippen LogP contribution in [0.1, 0.15) is 26.7 Å². The third-order valence-corrected chi connectivity index (χ3v) is 5.99. The highest BCUT2D eigenvalue weighted by molar-refractivity contribution is 6.01. The molecule has 34 heavy (non-hydrogen) atoms. The average Bonchev–Trinajstić information content (AvgIpc) is 3.21. The predicted molar refractivity (Wildman–Crippen MR) is 116 cm³/mol. The Morgan fingerprint density at radius 3 is 2.44 bits per heavy atom. The van der Waals surface area contributed by atoms with Gasteiger partial charge in [-0.3, -0.25) is 0 Å². The van der Waals surface area contributed by atoms with Gasteiger partial charge in [-0.1, -0.05) is 0 Å². The molecule has 1 unspecified atom stereocenters. The molecule has 1 aliphatic rings. The van der Waals surface area contributed by atoms with Gasteiger partial charge in [0.15, 0.2) is 11.7 Å². The van der Waals surface area contributed by atoms with Crippen molar-refractivity contribution in [3.8, 4) is 5.75 Å². The molecule has 5 N–H and O–H groups in total. The van der Waals surface area contributed by atoms with Gasteiger partial charge in [-0.15, -0.1) is 0 Å². The molecule has 0 bridgehead atoms. The van der Waals surface area contributed by atoms with Gasteiger partial charge in [0.1, 0.15) is 29.6 Å². The second kappa shape index (κ2) is 8.67. The zero-order chi connectivity index (χ0) is 24.8. The molecule has 11 nitrogen and oxygen atoms in total. The van der Waals surface area contributed by atoms with E-state index >= 15 is 0 Å². The van der Waals surface area contributed by atoms with Crippen molar-refractivity contribution in [3.63, 3.8) is 0 Å². The molecular weight excluding hydrogens is 452 g/mol. The molecule has 0 aliphatic heterocycles. The average molecular weight is 478 g/mol. The number of esters is 1. The second-order valence-electron chi connectivity index (χ2n) is 9.13. The maximum Gasteiger partial charge on any atom is 0.338 e. The molecule has 0 saturated heterocycles. The lowest BCUT2D eigenvalue weighted by Crippen LogP contribution is -2.58. The van der Waals surface area contributed by atoms with E-state index in [0.29, 0.717) is 16.4 Å². The molecule has 11 heteroatoms. The van der Waals surface area contributed by atoms with Crippen molar-refractivity contribution in [2.45, 2.75) is 62.3 Å². The Kier molecular flexibility index (Phi) is 6.17. The van der Waals surface area contributed by atoms with Crippen LogP contribution in [-0.4, -0.2) is 73.7 Å². The fourth-order valence-corrected chi connectivity index (χ4v) is 3.99. The van der Waals surface area contributed by atoms with Gasteiger partial charge in [0.2, 0.25) is 0 Å². The molecule has 184 valence electrons. The van der Waals surface area contributed by atoms with Crippen LogP contribution < -0.4 is 10.4 Å². The normalized spacial score (nSPS) is 26.5. The fourth-order valence-electron chi connectivity index (χ4n) is 3.99. The summed E-state index contributed by atoms with van der Waals surface area (Å²) in [6, 6.07) is 5.90. The molecule has 1 aliphatic carbocycles. The standard InChI is InChI=1S/C23H26O11/c1-22(2,29)17(34-21(28)23(30)8-13(24)19(27)14(25)9-23)10-32-20-11-3-4-18(26)33-16(11)7-15-12(20)5-6-31-15/h3-7,13-14,17,19,24-25,27,29-30H,8-10H2,1-2H3/t13-,14-,17?,19?,23?/m1/s1. The molecule has 2 aromatic heterocycles. The first-order valence-electron chi connectivity index (χ1n) is 10.7. The smallest absolute Gasteiger partial charge is 0.338 e. The topological polar surface area (TPSA) is 180 Å². The number of ether oxygens (including phenoxy) is 2. The van der Waals surface area contributed by atoms with Crippen molar-refractivity contribution in [3.05, 3.63) is 40.9 Å². The van der Waals surface area contributed by atoms with Gasteiger partial charge in [-0.25, -0.2) is 9.59 Å². The minimum Gasteiger partial charge on any atom is -0.488 e. The highest BCUT2D eigenvalue weighted by Gasteiger charge is 2.50. The zero-order valence-electron chi connectivity index (χ0n) is 18.5. The summed E-state index contributed by atoms with van der Waals surface area (Å²) in [5.74, 6) is -0.925. The number of carbonyl (C=O) groups is 1. The summed E-state index contributed by atoms with van der Waals surface area (Å²) in [6.07, 6.45) is -5.58. The van der Waals surface area contributed by atoms with Crippen LogP contribution >= 0.6 is 0 Å². The Labute approximate surface area is 192 Å². The Hall–Kier alpha value is -2.96. The molecule has 0 amide bonds. The first-order valence-corrected chi connectivity index (χ1v) is 10.7. The fraction of sp³-hybridized carbons (Fsp3) is 0.478. The van der Waals surface area contributed by atoms with Gasteiger partial charge in [-0.2, -0.15) is 0 Å². The van der Waals surface area contributed by atoms with Crippen molar-refractivity contribution in [2.24, 2.45) is 0 Å². The van der Waals surface area contributed by atoms with Crippen molar-refractivity contribution < 1.29 is 48.6 Å². The zero-order valence-corrected chi connectivity index (χ0v) is 18.5. The number of benzene rings is 1. The number of hydrogen-bond donors (Lipinski definition) is 5. The molecule has 3 aromatic rings. The largest absolute Gasteiger partial charge is 0.488 e. The molecule has 1 fully saturated rings. The van der Waals surface area contributed by atoms with Crippen LogP contribution in [-0.2, 0) is 9.53 Å². The van der Waals surface area contributed by atoms with E-state index in [0.717, 1.165) is 0 Å². The molecule has 0 spiro atoms. The van der Waals surface area contributed by atoms with E-state index in [4.69, 9.17) is 18.3 Å². The third-order valence-electron chi connectivity index (χ3n) is 5.99. The van der Waals surface area contributed by atoms with Crippen LogP contribution in [0.4, 0.5) is 0 Å². The van der Waals surface area contributed by atoms with Crippen molar-refractivity contribution in [1.29, 1.82) is 0 Å². The number of furan rings is 1. The predicted octanol–water partition coefficient (Wildman–Crippen LogP) is 0.208. The van der Waals surface area contributed by atoms with E-state index in [1.165, 1.54) is 38.3 Å². The van der Waals surface area contributed by atoms with Gasteiger partial charge < -0.3 is 43.8 Å². The summed E-state index contributed by atoms with van der Waals surface area (Å²) in [4.78, 5) is 24.4. The quantitative estimate of drug-likeness (QED) is 0.241. The van der Waals surface area contributed by atoms with E-state index in [2.05, 4.69) is 0 Å². The lowest BCUT2D eigenvalue weighted by Gasteiger charge is -2.40. The molecular formula is C23H26O11. The lowest BCUT2D eigenvalue weighted by molar-refractivity contribution is -0.206. The van der Waals surface area contributed by atoms with Crippen LogP contribution in [0, 0.1) is 0 Å². The SMILES string of the molecule is CC(C)(O)C(COc1c2ccoc2cc2oc(=O)ccc12)OC(=O)C1(O)C[C@@H](O)C(O)[C@H](O)C1. The van der Waals surface area contributed by atoms with Gasteiger partial charge in [0.05, 0.1) is 34.8 Å². The molecule has 4 rings (SSSR count). The lowest BCUT2D eigenvalue weighted by atomic mass is 9.79. The van der Waals surface area contributed by atoms with E-state index < -0.39 is 60.1 Å². The Morgan fingerprint density at radius 2 is 1.79 bits per heavy atom.